The summed E-state index contributed by atoms with van der Waals surface area (Å²) in [7, 11) is 1.40. The van der Waals surface area contributed by atoms with Crippen LogP contribution in [0.2, 0.25) is 0 Å². The van der Waals surface area contributed by atoms with Crippen molar-refractivity contribution >= 4 is 22.6 Å². The molecule has 9 heteroatoms. The van der Waals surface area contributed by atoms with Gasteiger partial charge in [-0.3, -0.25) is 9.18 Å². The number of hydrogen-bond donors (Lipinski definition) is 2. The molecule has 1 aromatic heterocycles. The van der Waals surface area contributed by atoms with Crippen molar-refractivity contribution in [2.24, 2.45) is 11.7 Å². The Bertz CT molecular complexity index is 1050. The number of fused-ring (bicyclic) bond motifs is 1. The Kier molecular flexibility index (Phi) is 5.40. The van der Waals surface area contributed by atoms with Gasteiger partial charge in [-0.05, 0) is 37.7 Å². The Morgan fingerprint density at radius 1 is 1.37 bits per heavy atom. The predicted molar refractivity (Wildman–Crippen MR) is 109 cm³/mol. The van der Waals surface area contributed by atoms with Gasteiger partial charge in [0.2, 0.25) is 5.43 Å². The minimum absolute atomic E-state index is 0.0171. The zero-order valence-corrected chi connectivity index (χ0v) is 16.7. The number of halogens is 2. The molecule has 0 bridgehead atoms. The van der Waals surface area contributed by atoms with Crippen molar-refractivity contribution in [2.45, 2.75) is 37.8 Å². The second kappa shape index (κ2) is 7.86. The van der Waals surface area contributed by atoms with Crippen LogP contribution in [0.3, 0.4) is 0 Å². The Balaban J connectivity index is 1.89. The van der Waals surface area contributed by atoms with Crippen molar-refractivity contribution in [1.29, 1.82) is 0 Å². The molecule has 0 radical (unpaired) electrons. The van der Waals surface area contributed by atoms with E-state index in [4.69, 9.17) is 10.5 Å². The van der Waals surface area contributed by atoms with Crippen LogP contribution in [-0.2, 0) is 0 Å². The van der Waals surface area contributed by atoms with E-state index in [1.54, 1.807) is 9.47 Å². The SMILES string of the molecule is COc1c(N2CCC(CCF)C(N)C2)c(F)cc2c(=O)c(C(=O)O)cn(C3CC3)c12. The molecule has 1 aliphatic carbocycles. The third kappa shape index (κ3) is 3.40. The first-order valence-corrected chi connectivity index (χ1v) is 10.1. The summed E-state index contributed by atoms with van der Waals surface area (Å²) in [4.78, 5) is 26.1. The summed E-state index contributed by atoms with van der Waals surface area (Å²) in [6.07, 6.45) is 4.01. The van der Waals surface area contributed by atoms with Gasteiger partial charge in [-0.25, -0.2) is 9.18 Å². The third-order valence-corrected chi connectivity index (χ3v) is 6.18. The number of methoxy groups -OCH3 is 1. The van der Waals surface area contributed by atoms with Gasteiger partial charge < -0.3 is 25.0 Å². The van der Waals surface area contributed by atoms with Crippen LogP contribution in [-0.4, -0.2) is 48.6 Å². The lowest BCUT2D eigenvalue weighted by Gasteiger charge is -2.38. The molecule has 2 fully saturated rings. The van der Waals surface area contributed by atoms with E-state index in [1.807, 2.05) is 0 Å². The van der Waals surface area contributed by atoms with Crippen LogP contribution in [0.5, 0.6) is 5.75 Å². The molecule has 2 heterocycles. The van der Waals surface area contributed by atoms with Crippen LogP contribution in [0.25, 0.3) is 10.9 Å². The molecular formula is C21H25F2N3O4. The van der Waals surface area contributed by atoms with Gasteiger partial charge in [-0.15, -0.1) is 0 Å². The largest absolute Gasteiger partial charge is 0.492 e. The number of aromatic carboxylic acids is 1. The topological polar surface area (TPSA) is 97.8 Å². The van der Waals surface area contributed by atoms with Crippen molar-refractivity contribution in [2.75, 3.05) is 31.8 Å². The maximum absolute atomic E-state index is 15.3. The maximum atomic E-state index is 15.3. The number of hydrogen-bond acceptors (Lipinski definition) is 5. The average molecular weight is 421 g/mol. The van der Waals surface area contributed by atoms with Crippen molar-refractivity contribution in [3.8, 4) is 5.75 Å². The monoisotopic (exact) mass is 421 g/mol. The van der Waals surface area contributed by atoms with Gasteiger partial charge in [0, 0.05) is 31.4 Å². The van der Waals surface area contributed by atoms with Crippen molar-refractivity contribution in [1.82, 2.24) is 4.57 Å². The van der Waals surface area contributed by atoms with Crippen LogP contribution >= 0.6 is 0 Å². The van der Waals surface area contributed by atoms with Crippen LogP contribution < -0.4 is 20.8 Å². The molecule has 162 valence electrons. The molecule has 1 aliphatic heterocycles. The quantitative estimate of drug-likeness (QED) is 0.744. The molecule has 4 rings (SSSR count). The predicted octanol–water partition coefficient (Wildman–Crippen LogP) is 2.70. The number of benzene rings is 1. The van der Waals surface area contributed by atoms with Gasteiger partial charge in [0.1, 0.15) is 11.3 Å². The normalized spacial score (nSPS) is 21.8. The van der Waals surface area contributed by atoms with Crippen molar-refractivity contribution < 1.29 is 23.4 Å². The lowest BCUT2D eigenvalue weighted by molar-refractivity contribution is 0.0695. The van der Waals surface area contributed by atoms with E-state index in [2.05, 4.69) is 0 Å². The number of carboxylic acids is 1. The number of carboxylic acid groups (broad SMARTS) is 1. The summed E-state index contributed by atoms with van der Waals surface area (Å²) in [6, 6.07) is 0.824. The van der Waals surface area contributed by atoms with Gasteiger partial charge in [0.25, 0.3) is 0 Å². The van der Waals surface area contributed by atoms with Gasteiger partial charge >= 0.3 is 5.97 Å². The Labute approximate surface area is 172 Å². The number of nitrogens with two attached hydrogens (primary N) is 1. The standard InChI is InChI=1S/C21H25F2N3O4/c1-30-20-17-13(19(27)14(21(28)29)9-26(17)12-2-3-12)8-15(23)18(20)25-7-5-11(4-6-22)16(24)10-25/h8-9,11-12,16H,2-7,10,24H2,1H3,(H,28,29). The minimum Gasteiger partial charge on any atom is -0.492 e. The van der Waals surface area contributed by atoms with E-state index in [0.29, 0.717) is 31.4 Å². The number of alkyl halides is 1. The molecule has 30 heavy (non-hydrogen) atoms. The number of pyridine rings is 1. The maximum Gasteiger partial charge on any atom is 0.341 e. The third-order valence-electron chi connectivity index (χ3n) is 6.18. The molecule has 1 saturated heterocycles. The first kappa shape index (κ1) is 20.6. The molecule has 3 N–H and O–H groups in total. The second-order valence-corrected chi connectivity index (χ2v) is 8.09. The lowest BCUT2D eigenvalue weighted by Crippen LogP contribution is -2.49. The fourth-order valence-electron chi connectivity index (χ4n) is 4.46. The van der Waals surface area contributed by atoms with Gasteiger partial charge in [0.05, 0.1) is 24.7 Å². The summed E-state index contributed by atoms with van der Waals surface area (Å²) in [5.74, 6) is -1.79. The fraction of sp³-hybridized carbons (Fsp3) is 0.524. The van der Waals surface area contributed by atoms with E-state index in [9.17, 15) is 19.1 Å². The smallest absolute Gasteiger partial charge is 0.341 e. The number of anilines is 1. The molecule has 2 unspecified atom stereocenters. The summed E-state index contributed by atoms with van der Waals surface area (Å²) in [6.45, 7) is 0.383. The number of carbonyl (C=O) groups is 1. The summed E-state index contributed by atoms with van der Waals surface area (Å²) in [5, 5.41) is 9.40. The second-order valence-electron chi connectivity index (χ2n) is 8.09. The van der Waals surface area contributed by atoms with E-state index < -0.39 is 29.5 Å². The summed E-state index contributed by atoms with van der Waals surface area (Å²) < 4.78 is 35.3. The highest BCUT2D eigenvalue weighted by Crippen LogP contribution is 2.44. The first-order valence-electron chi connectivity index (χ1n) is 10.1. The van der Waals surface area contributed by atoms with Crippen LogP contribution in [0.1, 0.15) is 42.1 Å². The molecular weight excluding hydrogens is 396 g/mol. The van der Waals surface area contributed by atoms with E-state index in [-0.39, 0.29) is 34.8 Å². The highest BCUT2D eigenvalue weighted by Gasteiger charge is 2.33. The van der Waals surface area contributed by atoms with Crippen molar-refractivity contribution in [3.05, 3.63) is 33.9 Å². The molecule has 1 aromatic carbocycles. The molecule has 2 aliphatic rings. The molecule has 0 amide bonds. The van der Waals surface area contributed by atoms with Gasteiger partial charge in [0.15, 0.2) is 11.6 Å². The summed E-state index contributed by atoms with van der Waals surface area (Å²) >= 11 is 0. The number of aromatic nitrogens is 1. The molecule has 0 spiro atoms. The zero-order valence-electron chi connectivity index (χ0n) is 16.7. The number of ether oxygens (including phenoxy) is 1. The Morgan fingerprint density at radius 2 is 2.10 bits per heavy atom. The molecule has 7 nitrogen and oxygen atoms in total. The minimum atomic E-state index is -1.35. The van der Waals surface area contributed by atoms with Gasteiger partial charge in [-0.1, -0.05) is 0 Å². The van der Waals surface area contributed by atoms with Crippen LogP contribution in [0.4, 0.5) is 14.5 Å². The van der Waals surface area contributed by atoms with Crippen LogP contribution in [0.15, 0.2) is 17.1 Å². The first-order chi connectivity index (χ1) is 14.4. The summed E-state index contributed by atoms with van der Waals surface area (Å²) in [5.41, 5.74) is 5.69. The van der Waals surface area contributed by atoms with Crippen LogP contribution in [0, 0.1) is 11.7 Å². The molecule has 2 atom stereocenters. The highest BCUT2D eigenvalue weighted by molar-refractivity contribution is 5.97. The molecule has 2 aromatic rings. The average Bonchev–Trinajstić information content (AvgIpc) is 3.54. The fourth-order valence-corrected chi connectivity index (χ4v) is 4.46. The van der Waals surface area contributed by atoms with E-state index in [0.717, 1.165) is 18.9 Å². The highest BCUT2D eigenvalue weighted by atomic mass is 19.1. The van der Waals surface area contributed by atoms with Crippen molar-refractivity contribution in [3.63, 3.8) is 0 Å². The zero-order chi connectivity index (χ0) is 21.6. The van der Waals surface area contributed by atoms with E-state index in [1.165, 1.54) is 13.3 Å². The van der Waals surface area contributed by atoms with E-state index >= 15 is 4.39 Å². The number of piperidine rings is 1. The Hall–Kier alpha value is -2.68. The number of nitrogens with zero attached hydrogens (tertiary/aromatic N) is 2. The van der Waals surface area contributed by atoms with Gasteiger partial charge in [-0.2, -0.15) is 0 Å². The Morgan fingerprint density at radius 3 is 2.67 bits per heavy atom. The molecule has 1 saturated carbocycles. The number of rotatable bonds is 6. The lowest BCUT2D eigenvalue weighted by atomic mass is 9.89.